The first kappa shape index (κ1) is 22.5. The third kappa shape index (κ3) is 4.93. The summed E-state index contributed by atoms with van der Waals surface area (Å²) in [7, 11) is 0. The van der Waals surface area contributed by atoms with E-state index < -0.39 is 0 Å². The van der Waals surface area contributed by atoms with Gasteiger partial charge in [0.15, 0.2) is 0 Å². The molecule has 34 heavy (non-hydrogen) atoms. The molecule has 1 aliphatic rings. The number of nitrogens with one attached hydrogen (secondary N) is 2. The van der Waals surface area contributed by atoms with Crippen molar-refractivity contribution < 1.29 is 0 Å². The topological polar surface area (TPSA) is 48.1 Å². The number of hydrogen-bond donors (Lipinski definition) is 2. The molecule has 172 valence electrons. The average molecular weight is 470 g/mol. The van der Waals surface area contributed by atoms with Crippen LogP contribution >= 0.6 is 11.6 Å². The van der Waals surface area contributed by atoms with Crippen molar-refractivity contribution in [3.63, 3.8) is 0 Å². The highest BCUT2D eigenvalue weighted by Gasteiger charge is 2.10. The van der Waals surface area contributed by atoms with Crippen molar-refractivity contribution in [1.29, 1.82) is 0 Å². The molecule has 0 saturated carbocycles. The number of aromatic nitrogens is 1. The maximum absolute atomic E-state index is 12.9. The second kappa shape index (κ2) is 9.88. The van der Waals surface area contributed by atoms with Gasteiger partial charge in [-0.3, -0.25) is 9.69 Å². The molecule has 5 heteroatoms. The monoisotopic (exact) mass is 469 g/mol. The van der Waals surface area contributed by atoms with E-state index in [-0.39, 0.29) is 5.56 Å². The van der Waals surface area contributed by atoms with Gasteiger partial charge >= 0.3 is 0 Å². The summed E-state index contributed by atoms with van der Waals surface area (Å²) in [5, 5.41) is 6.98. The first-order valence-corrected chi connectivity index (χ1v) is 12.1. The van der Waals surface area contributed by atoms with E-state index in [0.29, 0.717) is 15.6 Å². The Hall–Kier alpha value is -3.34. The van der Waals surface area contributed by atoms with Crippen LogP contribution in [0.1, 0.15) is 24.8 Å². The van der Waals surface area contributed by atoms with Crippen LogP contribution in [0.5, 0.6) is 0 Å². The highest BCUT2D eigenvalue weighted by Crippen LogP contribution is 2.23. The van der Waals surface area contributed by atoms with E-state index in [0.717, 1.165) is 34.1 Å². The number of nitrogens with zero attached hydrogens (tertiary/aromatic N) is 1. The zero-order valence-electron chi connectivity index (χ0n) is 19.1. The average Bonchev–Trinajstić information content (AvgIpc) is 2.86. The number of H-pyrrole nitrogens is 1. The summed E-state index contributed by atoms with van der Waals surface area (Å²) in [4.78, 5) is 18.2. The molecule has 5 rings (SSSR count). The van der Waals surface area contributed by atoms with Gasteiger partial charge in [0.2, 0.25) is 0 Å². The molecule has 1 aromatic heterocycles. The number of halogens is 1. The van der Waals surface area contributed by atoms with Crippen LogP contribution in [0.3, 0.4) is 0 Å². The summed E-state index contributed by atoms with van der Waals surface area (Å²) in [6.07, 6.45) is 5.72. The number of aromatic amines is 1. The lowest BCUT2D eigenvalue weighted by molar-refractivity contribution is 0.221. The van der Waals surface area contributed by atoms with Gasteiger partial charge < -0.3 is 10.3 Å². The summed E-state index contributed by atoms with van der Waals surface area (Å²) in [5.41, 5.74) is 4.15. The van der Waals surface area contributed by atoms with Gasteiger partial charge in [0.1, 0.15) is 0 Å². The second-order valence-corrected chi connectivity index (χ2v) is 9.37. The van der Waals surface area contributed by atoms with Gasteiger partial charge in [-0.25, -0.2) is 0 Å². The van der Waals surface area contributed by atoms with Gasteiger partial charge in [-0.2, -0.15) is 0 Å². The standard InChI is InChI=1S/C29H28ClN3O/c1-20-26-14-9-23(22-7-10-24(30)11-8-22)17-27(26)28(29(34)32-20)18-31-25-12-5-21(6-13-25)19-33-15-3-2-4-16-33/h5-14,17-18,31H,1-4,15-16,19H2,(H,32,34)/b28-18-. The molecular weight excluding hydrogens is 442 g/mol. The van der Waals surface area contributed by atoms with Gasteiger partial charge in [0.25, 0.3) is 5.56 Å². The molecule has 0 bridgehead atoms. The number of anilines is 1. The highest BCUT2D eigenvalue weighted by molar-refractivity contribution is 6.30. The van der Waals surface area contributed by atoms with Crippen LogP contribution in [0, 0.1) is 0 Å². The van der Waals surface area contributed by atoms with Crippen LogP contribution in [0.4, 0.5) is 5.69 Å². The van der Waals surface area contributed by atoms with Crippen LogP contribution in [-0.2, 0) is 6.54 Å². The first-order valence-electron chi connectivity index (χ1n) is 11.8. The Morgan fingerprint density at radius 2 is 1.62 bits per heavy atom. The fraction of sp³-hybridized carbons (Fsp3) is 0.207. The molecule has 0 spiro atoms. The van der Waals surface area contributed by atoms with Crippen molar-refractivity contribution in [2.24, 2.45) is 0 Å². The van der Waals surface area contributed by atoms with Crippen molar-refractivity contribution in [2.45, 2.75) is 25.8 Å². The van der Waals surface area contributed by atoms with E-state index in [1.165, 1.54) is 37.9 Å². The minimum absolute atomic E-state index is 0.167. The molecule has 0 amide bonds. The van der Waals surface area contributed by atoms with Crippen molar-refractivity contribution in [3.8, 4) is 11.1 Å². The Labute approximate surface area is 204 Å². The summed E-state index contributed by atoms with van der Waals surface area (Å²) in [6, 6.07) is 22.2. The van der Waals surface area contributed by atoms with E-state index in [1.54, 1.807) is 6.20 Å². The zero-order valence-corrected chi connectivity index (χ0v) is 19.9. The van der Waals surface area contributed by atoms with Crippen LogP contribution in [-0.4, -0.2) is 23.0 Å². The van der Waals surface area contributed by atoms with Gasteiger partial charge in [-0.1, -0.05) is 61.0 Å². The number of rotatable bonds is 5. The quantitative estimate of drug-likeness (QED) is 0.427. The van der Waals surface area contributed by atoms with Gasteiger partial charge in [0, 0.05) is 34.2 Å². The molecule has 1 aliphatic heterocycles. The van der Waals surface area contributed by atoms with Crippen molar-refractivity contribution >= 4 is 40.8 Å². The second-order valence-electron chi connectivity index (χ2n) is 8.94. The van der Waals surface area contributed by atoms with Crippen LogP contribution < -0.4 is 21.4 Å². The van der Waals surface area contributed by atoms with E-state index in [2.05, 4.69) is 46.0 Å². The van der Waals surface area contributed by atoms with Crippen molar-refractivity contribution in [2.75, 3.05) is 18.4 Å². The molecule has 2 N–H and O–H groups in total. The molecule has 1 fully saturated rings. The van der Waals surface area contributed by atoms with Crippen LogP contribution in [0.25, 0.3) is 34.7 Å². The Bertz CT molecular complexity index is 1470. The summed E-state index contributed by atoms with van der Waals surface area (Å²) >= 11 is 6.05. The molecule has 0 unspecified atom stereocenters. The maximum atomic E-state index is 12.9. The Balaban J connectivity index is 1.45. The lowest BCUT2D eigenvalue weighted by Crippen LogP contribution is -2.34. The Kier molecular flexibility index (Phi) is 6.52. The molecule has 0 radical (unpaired) electrons. The SMILES string of the molecule is C=c1[nH]c(=O)/c(=C\Nc2ccc(CN3CCCCC3)cc2)c2cc(-c3ccc(Cl)cc3)ccc12. The van der Waals surface area contributed by atoms with E-state index in [4.69, 9.17) is 11.6 Å². The number of likely N-dealkylation sites (tertiary alicyclic amines) is 1. The van der Waals surface area contributed by atoms with Crippen molar-refractivity contribution in [1.82, 2.24) is 9.88 Å². The molecule has 4 aromatic rings. The first-order chi connectivity index (χ1) is 16.6. The Morgan fingerprint density at radius 1 is 0.912 bits per heavy atom. The molecule has 0 aliphatic carbocycles. The van der Waals surface area contributed by atoms with Gasteiger partial charge in [-0.05, 0) is 78.3 Å². The number of benzene rings is 3. The summed E-state index contributed by atoms with van der Waals surface area (Å²) in [6.45, 7) is 7.39. The maximum Gasteiger partial charge on any atom is 0.257 e. The minimum Gasteiger partial charge on any atom is -0.361 e. The van der Waals surface area contributed by atoms with E-state index in [1.807, 2.05) is 42.5 Å². The molecule has 3 aromatic carbocycles. The van der Waals surface area contributed by atoms with Crippen LogP contribution in [0.15, 0.2) is 71.5 Å². The van der Waals surface area contributed by atoms with E-state index in [9.17, 15) is 4.79 Å². The predicted molar refractivity (Wildman–Crippen MR) is 143 cm³/mol. The lowest BCUT2D eigenvalue weighted by atomic mass is 10.0. The molecule has 4 nitrogen and oxygen atoms in total. The molecular formula is C29H28ClN3O. The number of piperidine rings is 1. The predicted octanol–water partition coefficient (Wildman–Crippen LogP) is 5.09. The fourth-order valence-electron chi connectivity index (χ4n) is 4.63. The summed E-state index contributed by atoms with van der Waals surface area (Å²) in [5.74, 6) is 0. The number of fused-ring (bicyclic) bond motifs is 1. The normalized spacial score (nSPS) is 15.0. The third-order valence-electron chi connectivity index (χ3n) is 6.51. The molecule has 2 heterocycles. The minimum atomic E-state index is -0.167. The van der Waals surface area contributed by atoms with Gasteiger partial charge in [-0.15, -0.1) is 0 Å². The third-order valence-corrected chi connectivity index (χ3v) is 6.77. The molecule has 1 saturated heterocycles. The lowest BCUT2D eigenvalue weighted by Gasteiger charge is -2.26. The van der Waals surface area contributed by atoms with Crippen molar-refractivity contribution in [3.05, 3.63) is 98.2 Å². The zero-order chi connectivity index (χ0) is 23.5. The highest BCUT2D eigenvalue weighted by atomic mass is 35.5. The van der Waals surface area contributed by atoms with E-state index >= 15 is 0 Å². The molecule has 0 atom stereocenters. The fourth-order valence-corrected chi connectivity index (χ4v) is 4.75. The largest absolute Gasteiger partial charge is 0.361 e. The Morgan fingerprint density at radius 3 is 2.35 bits per heavy atom. The number of hydrogen-bond acceptors (Lipinski definition) is 3. The van der Waals surface area contributed by atoms with Crippen LogP contribution in [0.2, 0.25) is 5.02 Å². The van der Waals surface area contributed by atoms with Gasteiger partial charge in [0.05, 0.1) is 5.22 Å². The smallest absolute Gasteiger partial charge is 0.257 e. The number of pyridine rings is 1. The summed E-state index contributed by atoms with van der Waals surface area (Å²) < 4.78 is 0.